The standard InChI is InChI=1S/C14H22ClNO/c15-9-14(7-3-4-8-14)16-13(17)12-10-5-1-2-6-11(10)12/h10-12H,1-9H2,(H,16,17). The van der Waals surface area contributed by atoms with Gasteiger partial charge in [-0.05, 0) is 37.5 Å². The maximum absolute atomic E-state index is 12.3. The fourth-order valence-electron chi connectivity index (χ4n) is 4.07. The second kappa shape index (κ2) is 4.46. The molecule has 0 aliphatic heterocycles. The largest absolute Gasteiger partial charge is 0.349 e. The van der Waals surface area contributed by atoms with Crippen molar-refractivity contribution in [3.63, 3.8) is 0 Å². The second-order valence-corrected chi connectivity index (χ2v) is 6.52. The van der Waals surface area contributed by atoms with Gasteiger partial charge in [0.25, 0.3) is 0 Å². The van der Waals surface area contributed by atoms with Gasteiger partial charge in [-0.3, -0.25) is 4.79 Å². The Morgan fingerprint density at radius 1 is 1.12 bits per heavy atom. The van der Waals surface area contributed by atoms with Crippen molar-refractivity contribution >= 4 is 17.5 Å². The van der Waals surface area contributed by atoms with Crippen LogP contribution in [0.4, 0.5) is 0 Å². The lowest BCUT2D eigenvalue weighted by Crippen LogP contribution is -2.48. The van der Waals surface area contributed by atoms with Crippen LogP contribution in [0.15, 0.2) is 0 Å². The van der Waals surface area contributed by atoms with E-state index < -0.39 is 0 Å². The fourth-order valence-corrected chi connectivity index (χ4v) is 4.40. The van der Waals surface area contributed by atoms with E-state index in [1.165, 1.54) is 38.5 Å². The van der Waals surface area contributed by atoms with Crippen molar-refractivity contribution in [2.45, 2.75) is 56.9 Å². The highest BCUT2D eigenvalue weighted by Crippen LogP contribution is 2.55. The maximum Gasteiger partial charge on any atom is 0.224 e. The Morgan fingerprint density at radius 3 is 2.24 bits per heavy atom. The Balaban J connectivity index is 1.60. The van der Waals surface area contributed by atoms with E-state index in [0.717, 1.165) is 12.8 Å². The Hall–Kier alpha value is -0.240. The number of rotatable bonds is 3. The number of carbonyl (C=O) groups is 1. The zero-order valence-corrected chi connectivity index (χ0v) is 11.1. The first-order chi connectivity index (χ1) is 8.26. The van der Waals surface area contributed by atoms with Gasteiger partial charge in [0.15, 0.2) is 0 Å². The lowest BCUT2D eigenvalue weighted by atomic mass is 10.00. The van der Waals surface area contributed by atoms with Crippen molar-refractivity contribution in [3.8, 4) is 0 Å². The average molecular weight is 256 g/mol. The molecule has 2 atom stereocenters. The summed E-state index contributed by atoms with van der Waals surface area (Å²) < 4.78 is 0. The predicted octanol–water partition coefficient (Wildman–Crippen LogP) is 3.09. The smallest absolute Gasteiger partial charge is 0.224 e. The van der Waals surface area contributed by atoms with Gasteiger partial charge in [-0.2, -0.15) is 0 Å². The quantitative estimate of drug-likeness (QED) is 0.772. The highest BCUT2D eigenvalue weighted by Gasteiger charge is 2.55. The molecule has 3 aliphatic carbocycles. The lowest BCUT2D eigenvalue weighted by Gasteiger charge is -2.28. The normalized spacial score (nSPS) is 38.5. The highest BCUT2D eigenvalue weighted by atomic mass is 35.5. The molecule has 1 amide bonds. The third-order valence-electron chi connectivity index (χ3n) is 5.16. The van der Waals surface area contributed by atoms with Crippen LogP contribution >= 0.6 is 11.6 Å². The molecule has 0 heterocycles. The van der Waals surface area contributed by atoms with Gasteiger partial charge in [-0.1, -0.05) is 25.7 Å². The molecular formula is C14H22ClNO. The van der Waals surface area contributed by atoms with Gasteiger partial charge in [-0.25, -0.2) is 0 Å². The Morgan fingerprint density at radius 2 is 1.71 bits per heavy atom. The molecule has 3 aliphatic rings. The maximum atomic E-state index is 12.3. The first-order valence-electron chi connectivity index (χ1n) is 7.14. The van der Waals surface area contributed by atoms with Gasteiger partial charge in [0, 0.05) is 11.8 Å². The molecule has 0 aromatic heterocycles. The lowest BCUT2D eigenvalue weighted by molar-refractivity contribution is -0.124. The number of hydrogen-bond acceptors (Lipinski definition) is 1. The number of alkyl halides is 1. The molecule has 0 spiro atoms. The van der Waals surface area contributed by atoms with E-state index in [0.29, 0.717) is 29.5 Å². The third-order valence-corrected chi connectivity index (χ3v) is 5.68. The van der Waals surface area contributed by atoms with Crippen molar-refractivity contribution in [1.82, 2.24) is 5.32 Å². The molecule has 17 heavy (non-hydrogen) atoms. The van der Waals surface area contributed by atoms with E-state index in [1.54, 1.807) is 0 Å². The van der Waals surface area contributed by atoms with Crippen LogP contribution in [0.5, 0.6) is 0 Å². The summed E-state index contributed by atoms with van der Waals surface area (Å²) in [6.07, 6.45) is 9.77. The third kappa shape index (κ3) is 2.09. The minimum Gasteiger partial charge on any atom is -0.349 e. The summed E-state index contributed by atoms with van der Waals surface area (Å²) in [6.45, 7) is 0. The van der Waals surface area contributed by atoms with Crippen molar-refractivity contribution in [3.05, 3.63) is 0 Å². The summed E-state index contributed by atoms with van der Waals surface area (Å²) in [5.74, 6) is 2.64. The number of halogens is 1. The molecule has 3 fully saturated rings. The zero-order chi connectivity index (χ0) is 11.9. The van der Waals surface area contributed by atoms with Crippen LogP contribution in [0.25, 0.3) is 0 Å². The summed E-state index contributed by atoms with van der Waals surface area (Å²) >= 11 is 6.07. The average Bonchev–Trinajstić information content (AvgIpc) is 2.92. The first-order valence-corrected chi connectivity index (χ1v) is 7.67. The molecule has 3 heteroatoms. The highest BCUT2D eigenvalue weighted by molar-refractivity contribution is 6.18. The molecule has 0 aromatic rings. The SMILES string of the molecule is O=C(NC1(CCl)CCCC1)C1C2CCCCC21. The van der Waals surface area contributed by atoms with E-state index in [2.05, 4.69) is 5.32 Å². The molecule has 1 N–H and O–H groups in total. The van der Waals surface area contributed by atoms with Gasteiger partial charge in [0.2, 0.25) is 5.91 Å². The van der Waals surface area contributed by atoms with Crippen molar-refractivity contribution in [1.29, 1.82) is 0 Å². The molecule has 0 radical (unpaired) electrons. The Labute approximate surface area is 108 Å². The number of amides is 1. The van der Waals surface area contributed by atoms with Gasteiger partial charge in [0.05, 0.1) is 5.54 Å². The summed E-state index contributed by atoms with van der Waals surface area (Å²) in [5, 5.41) is 3.29. The van der Waals surface area contributed by atoms with Crippen LogP contribution in [-0.4, -0.2) is 17.3 Å². The van der Waals surface area contributed by atoms with Crippen LogP contribution in [0, 0.1) is 17.8 Å². The van der Waals surface area contributed by atoms with Gasteiger partial charge < -0.3 is 5.32 Å². The van der Waals surface area contributed by atoms with Crippen molar-refractivity contribution in [2.24, 2.45) is 17.8 Å². The summed E-state index contributed by atoms with van der Waals surface area (Å²) in [7, 11) is 0. The molecule has 96 valence electrons. The monoisotopic (exact) mass is 255 g/mol. The number of fused-ring (bicyclic) bond motifs is 1. The van der Waals surface area contributed by atoms with E-state index in [9.17, 15) is 4.79 Å². The topological polar surface area (TPSA) is 29.1 Å². The molecule has 0 saturated heterocycles. The molecular weight excluding hydrogens is 234 g/mol. The van der Waals surface area contributed by atoms with Crippen molar-refractivity contribution in [2.75, 3.05) is 5.88 Å². The van der Waals surface area contributed by atoms with Crippen LogP contribution in [0.3, 0.4) is 0 Å². The van der Waals surface area contributed by atoms with Crippen LogP contribution in [0.2, 0.25) is 0 Å². The van der Waals surface area contributed by atoms with Gasteiger partial charge in [-0.15, -0.1) is 11.6 Å². The second-order valence-electron chi connectivity index (χ2n) is 6.25. The zero-order valence-electron chi connectivity index (χ0n) is 10.4. The molecule has 3 rings (SSSR count). The summed E-state index contributed by atoms with van der Waals surface area (Å²) in [6, 6.07) is 0. The van der Waals surface area contributed by atoms with Gasteiger partial charge >= 0.3 is 0 Å². The van der Waals surface area contributed by atoms with E-state index in [4.69, 9.17) is 11.6 Å². The fraction of sp³-hybridized carbons (Fsp3) is 0.929. The molecule has 2 unspecified atom stereocenters. The van der Waals surface area contributed by atoms with E-state index in [-0.39, 0.29) is 5.54 Å². The molecule has 0 aromatic carbocycles. The number of nitrogens with one attached hydrogen (secondary N) is 1. The van der Waals surface area contributed by atoms with Crippen molar-refractivity contribution < 1.29 is 4.79 Å². The van der Waals surface area contributed by atoms with E-state index in [1.807, 2.05) is 0 Å². The van der Waals surface area contributed by atoms with Gasteiger partial charge in [0.1, 0.15) is 0 Å². The minimum atomic E-state index is -0.0651. The number of carbonyl (C=O) groups excluding carboxylic acids is 1. The molecule has 0 bridgehead atoms. The van der Waals surface area contributed by atoms with E-state index >= 15 is 0 Å². The van der Waals surface area contributed by atoms with Crippen LogP contribution in [0.1, 0.15) is 51.4 Å². The number of hydrogen-bond donors (Lipinski definition) is 1. The Bertz CT molecular complexity index is 299. The first kappa shape index (κ1) is 11.8. The predicted molar refractivity (Wildman–Crippen MR) is 69.0 cm³/mol. The Kier molecular flexibility index (Phi) is 3.10. The van der Waals surface area contributed by atoms with Crippen LogP contribution in [-0.2, 0) is 4.79 Å². The van der Waals surface area contributed by atoms with Crippen LogP contribution < -0.4 is 5.32 Å². The minimum absolute atomic E-state index is 0.0651. The summed E-state index contributed by atoms with van der Waals surface area (Å²) in [5.41, 5.74) is -0.0651. The summed E-state index contributed by atoms with van der Waals surface area (Å²) in [4.78, 5) is 12.3. The molecule has 3 saturated carbocycles. The molecule has 2 nitrogen and oxygen atoms in total.